The van der Waals surface area contributed by atoms with Crippen LogP contribution < -0.4 is 4.74 Å². The van der Waals surface area contributed by atoms with Crippen molar-refractivity contribution in [2.75, 3.05) is 7.11 Å². The molecule has 0 fully saturated rings. The van der Waals surface area contributed by atoms with Crippen LogP contribution >= 0.6 is 0 Å². The van der Waals surface area contributed by atoms with Crippen LogP contribution in [0.2, 0.25) is 0 Å². The van der Waals surface area contributed by atoms with E-state index in [2.05, 4.69) is 26.0 Å². The summed E-state index contributed by atoms with van der Waals surface area (Å²) >= 11 is 0. The number of aryl methyl sites for hydroxylation is 4. The third-order valence-corrected chi connectivity index (χ3v) is 4.54. The Balaban J connectivity index is 1.48. The number of methoxy groups -OCH3 is 1. The minimum atomic E-state index is 0.774. The predicted octanol–water partition coefficient (Wildman–Crippen LogP) is 3.33. The average molecular weight is 359 g/mol. The first-order valence-electron chi connectivity index (χ1n) is 9.03. The molecule has 0 unspecified atom stereocenters. The molecule has 136 valence electrons. The summed E-state index contributed by atoms with van der Waals surface area (Å²) in [4.78, 5) is 21.3. The van der Waals surface area contributed by atoms with E-state index in [4.69, 9.17) is 9.72 Å². The standard InChI is InChI=1S/C21H21N5O/c1-27-18-10-13-23-17(14-18)7-8-19-25-20-15(9-12-24-21(20)26-19)5-6-16-4-2-3-11-22-16/h2-4,9-14H,5-8H2,1H3,(H,24,25,26). The Morgan fingerprint density at radius 3 is 2.56 bits per heavy atom. The molecule has 6 heteroatoms. The summed E-state index contributed by atoms with van der Waals surface area (Å²) < 4.78 is 5.26. The quantitative estimate of drug-likeness (QED) is 0.548. The van der Waals surface area contributed by atoms with Crippen LogP contribution in [0.3, 0.4) is 0 Å². The largest absolute Gasteiger partial charge is 0.497 e. The van der Waals surface area contributed by atoms with E-state index in [1.807, 2.05) is 42.7 Å². The van der Waals surface area contributed by atoms with Gasteiger partial charge in [-0.15, -0.1) is 0 Å². The molecule has 6 nitrogen and oxygen atoms in total. The van der Waals surface area contributed by atoms with Gasteiger partial charge in [0.25, 0.3) is 0 Å². The number of H-pyrrole nitrogens is 1. The van der Waals surface area contributed by atoms with Crippen LogP contribution in [0, 0.1) is 0 Å². The fraction of sp³-hybridized carbons (Fsp3) is 0.238. The molecule has 0 spiro atoms. The zero-order chi connectivity index (χ0) is 18.5. The van der Waals surface area contributed by atoms with Gasteiger partial charge >= 0.3 is 0 Å². The van der Waals surface area contributed by atoms with E-state index < -0.39 is 0 Å². The number of ether oxygens (including phenoxy) is 1. The molecule has 4 rings (SSSR count). The van der Waals surface area contributed by atoms with Gasteiger partial charge in [-0.2, -0.15) is 0 Å². The molecule has 0 aliphatic heterocycles. The molecule has 4 aromatic rings. The zero-order valence-corrected chi connectivity index (χ0v) is 15.2. The van der Waals surface area contributed by atoms with E-state index in [1.165, 1.54) is 5.56 Å². The van der Waals surface area contributed by atoms with Gasteiger partial charge in [0.05, 0.1) is 7.11 Å². The monoisotopic (exact) mass is 359 g/mol. The topological polar surface area (TPSA) is 76.6 Å². The summed E-state index contributed by atoms with van der Waals surface area (Å²) in [6.07, 6.45) is 8.77. The van der Waals surface area contributed by atoms with E-state index in [1.54, 1.807) is 13.3 Å². The van der Waals surface area contributed by atoms with Gasteiger partial charge in [0.2, 0.25) is 0 Å². The fourth-order valence-corrected chi connectivity index (χ4v) is 3.10. The third kappa shape index (κ3) is 4.11. The van der Waals surface area contributed by atoms with Crippen molar-refractivity contribution in [3.05, 3.63) is 77.8 Å². The highest BCUT2D eigenvalue weighted by molar-refractivity contribution is 5.74. The second-order valence-corrected chi connectivity index (χ2v) is 6.36. The van der Waals surface area contributed by atoms with Gasteiger partial charge < -0.3 is 9.72 Å². The van der Waals surface area contributed by atoms with Crippen LogP contribution in [0.5, 0.6) is 5.75 Å². The number of hydrogen-bond acceptors (Lipinski definition) is 5. The Kier molecular flexibility index (Phi) is 5.05. The molecule has 4 heterocycles. The number of pyridine rings is 3. The number of rotatable bonds is 7. The summed E-state index contributed by atoms with van der Waals surface area (Å²) in [6.45, 7) is 0. The molecular formula is C21H21N5O. The van der Waals surface area contributed by atoms with Crippen molar-refractivity contribution in [1.29, 1.82) is 0 Å². The van der Waals surface area contributed by atoms with Crippen LogP contribution in [0.25, 0.3) is 11.2 Å². The second kappa shape index (κ2) is 7.95. The molecule has 0 aliphatic carbocycles. The maximum atomic E-state index is 5.26. The highest BCUT2D eigenvalue weighted by atomic mass is 16.5. The van der Waals surface area contributed by atoms with Gasteiger partial charge in [-0.25, -0.2) is 9.97 Å². The van der Waals surface area contributed by atoms with Crippen molar-refractivity contribution < 1.29 is 4.74 Å². The van der Waals surface area contributed by atoms with Gasteiger partial charge in [0.15, 0.2) is 5.65 Å². The Hall–Kier alpha value is -3.28. The van der Waals surface area contributed by atoms with E-state index in [9.17, 15) is 0 Å². The van der Waals surface area contributed by atoms with Gasteiger partial charge in [0.1, 0.15) is 17.1 Å². The summed E-state index contributed by atoms with van der Waals surface area (Å²) in [6, 6.07) is 11.9. The molecule has 0 bridgehead atoms. The lowest BCUT2D eigenvalue weighted by molar-refractivity contribution is 0.413. The number of aromatic amines is 1. The van der Waals surface area contributed by atoms with Crippen molar-refractivity contribution in [1.82, 2.24) is 24.9 Å². The van der Waals surface area contributed by atoms with Crippen LogP contribution in [0.4, 0.5) is 0 Å². The SMILES string of the molecule is COc1ccnc(CCc2nc3c(CCc4ccccn4)ccnc3[nH]2)c1. The maximum Gasteiger partial charge on any atom is 0.157 e. The molecular weight excluding hydrogens is 338 g/mol. The molecule has 0 radical (unpaired) electrons. The van der Waals surface area contributed by atoms with E-state index in [-0.39, 0.29) is 0 Å². The molecule has 1 N–H and O–H groups in total. The smallest absolute Gasteiger partial charge is 0.157 e. The van der Waals surface area contributed by atoms with Crippen molar-refractivity contribution in [2.24, 2.45) is 0 Å². The normalized spacial score (nSPS) is 11.0. The average Bonchev–Trinajstić information content (AvgIpc) is 3.15. The summed E-state index contributed by atoms with van der Waals surface area (Å²) in [5, 5.41) is 0. The Labute approximate surface area is 157 Å². The predicted molar refractivity (Wildman–Crippen MR) is 104 cm³/mol. The zero-order valence-electron chi connectivity index (χ0n) is 15.2. The summed E-state index contributed by atoms with van der Waals surface area (Å²) in [5.41, 5.74) is 5.04. The Morgan fingerprint density at radius 1 is 0.852 bits per heavy atom. The molecule has 0 saturated heterocycles. The first-order valence-corrected chi connectivity index (χ1v) is 9.03. The molecule has 0 amide bonds. The third-order valence-electron chi connectivity index (χ3n) is 4.54. The lowest BCUT2D eigenvalue weighted by Crippen LogP contribution is -1.97. The first-order chi connectivity index (χ1) is 13.3. The van der Waals surface area contributed by atoms with Crippen LogP contribution in [-0.4, -0.2) is 32.0 Å². The molecule has 0 atom stereocenters. The highest BCUT2D eigenvalue weighted by Gasteiger charge is 2.10. The van der Waals surface area contributed by atoms with Crippen LogP contribution in [-0.2, 0) is 25.7 Å². The number of hydrogen-bond donors (Lipinski definition) is 1. The van der Waals surface area contributed by atoms with Crippen molar-refractivity contribution in [3.8, 4) is 5.75 Å². The fourth-order valence-electron chi connectivity index (χ4n) is 3.10. The number of fused-ring (bicyclic) bond motifs is 1. The number of aromatic nitrogens is 5. The highest BCUT2D eigenvalue weighted by Crippen LogP contribution is 2.18. The van der Waals surface area contributed by atoms with Gasteiger partial charge in [-0.05, 0) is 49.1 Å². The number of imidazole rings is 1. The lowest BCUT2D eigenvalue weighted by atomic mass is 10.1. The Bertz CT molecular complexity index is 1030. The van der Waals surface area contributed by atoms with Crippen molar-refractivity contribution >= 4 is 11.2 Å². The van der Waals surface area contributed by atoms with E-state index in [0.29, 0.717) is 0 Å². The first kappa shape index (κ1) is 17.1. The summed E-state index contributed by atoms with van der Waals surface area (Å²) in [5.74, 6) is 1.75. The molecule has 4 aromatic heterocycles. The maximum absolute atomic E-state index is 5.26. The Morgan fingerprint density at radius 2 is 1.70 bits per heavy atom. The molecule has 0 aromatic carbocycles. The van der Waals surface area contributed by atoms with Gasteiger partial charge in [0, 0.05) is 42.5 Å². The van der Waals surface area contributed by atoms with Crippen molar-refractivity contribution in [2.45, 2.75) is 25.7 Å². The van der Waals surface area contributed by atoms with Gasteiger partial charge in [-0.3, -0.25) is 9.97 Å². The molecule has 0 saturated carbocycles. The van der Waals surface area contributed by atoms with Crippen LogP contribution in [0.15, 0.2) is 55.0 Å². The van der Waals surface area contributed by atoms with Gasteiger partial charge in [-0.1, -0.05) is 6.07 Å². The minimum absolute atomic E-state index is 0.774. The van der Waals surface area contributed by atoms with E-state index >= 15 is 0 Å². The van der Waals surface area contributed by atoms with Crippen LogP contribution in [0.1, 0.15) is 22.8 Å². The van der Waals surface area contributed by atoms with E-state index in [0.717, 1.165) is 59.8 Å². The minimum Gasteiger partial charge on any atom is -0.497 e. The summed E-state index contributed by atoms with van der Waals surface area (Å²) in [7, 11) is 1.66. The lowest BCUT2D eigenvalue weighted by Gasteiger charge is -2.02. The molecule has 27 heavy (non-hydrogen) atoms. The van der Waals surface area contributed by atoms with Crippen molar-refractivity contribution in [3.63, 3.8) is 0 Å². The number of nitrogens with one attached hydrogen (secondary N) is 1. The second-order valence-electron chi connectivity index (χ2n) is 6.36. The number of nitrogens with zero attached hydrogens (tertiary/aromatic N) is 4. The molecule has 0 aliphatic rings.